The summed E-state index contributed by atoms with van der Waals surface area (Å²) >= 11 is 6.55. The molecule has 0 aliphatic rings. The minimum atomic E-state index is -0.171. The Balaban J connectivity index is 3.23. The molecule has 0 saturated heterocycles. The minimum absolute atomic E-state index is 0.127. The van der Waals surface area contributed by atoms with Gasteiger partial charge in [0.25, 0.3) is 0 Å². The van der Waals surface area contributed by atoms with Crippen LogP contribution in [-0.4, -0.2) is 21.3 Å². The highest BCUT2D eigenvalue weighted by molar-refractivity contribution is 6.21. The second-order valence-electron chi connectivity index (χ2n) is 5.68. The molecule has 0 aliphatic heterocycles. The topological polar surface area (TPSA) is 27.7 Å². The third kappa shape index (κ3) is 4.20. The minimum Gasteiger partial charge on any atom is -0.496 e. The van der Waals surface area contributed by atoms with E-state index in [1.807, 2.05) is 12.1 Å². The van der Waals surface area contributed by atoms with Gasteiger partial charge in [0, 0.05) is 12.1 Å². The van der Waals surface area contributed by atoms with Gasteiger partial charge in [-0.25, -0.2) is 0 Å². The van der Waals surface area contributed by atoms with Crippen molar-refractivity contribution < 1.29 is 14.2 Å². The number of methoxy groups -OCH3 is 3. The van der Waals surface area contributed by atoms with Crippen LogP contribution in [0, 0.1) is 5.41 Å². The van der Waals surface area contributed by atoms with E-state index in [1.54, 1.807) is 21.3 Å². The molecule has 0 aromatic heterocycles. The van der Waals surface area contributed by atoms with Crippen molar-refractivity contribution in [3.63, 3.8) is 0 Å². The van der Waals surface area contributed by atoms with Crippen LogP contribution < -0.4 is 14.2 Å². The molecule has 108 valence electrons. The van der Waals surface area contributed by atoms with E-state index >= 15 is 0 Å². The van der Waals surface area contributed by atoms with Gasteiger partial charge >= 0.3 is 0 Å². The van der Waals surface area contributed by atoms with E-state index in [-0.39, 0.29) is 10.8 Å². The number of halogens is 1. The third-order valence-electron chi connectivity index (χ3n) is 2.86. The second kappa shape index (κ2) is 6.38. The summed E-state index contributed by atoms with van der Waals surface area (Å²) in [5.41, 5.74) is 1.00. The van der Waals surface area contributed by atoms with Crippen LogP contribution in [0.5, 0.6) is 17.2 Å². The van der Waals surface area contributed by atoms with Crippen LogP contribution in [0.25, 0.3) is 0 Å². The van der Waals surface area contributed by atoms with Crippen molar-refractivity contribution in [2.45, 2.75) is 32.6 Å². The van der Waals surface area contributed by atoms with Crippen LogP contribution in [0.2, 0.25) is 0 Å². The Bertz CT molecular complexity index is 399. The zero-order valence-corrected chi connectivity index (χ0v) is 13.3. The maximum absolute atomic E-state index is 6.55. The fraction of sp³-hybridized carbons (Fsp3) is 0.600. The average Bonchev–Trinajstić information content (AvgIpc) is 2.34. The summed E-state index contributed by atoms with van der Waals surface area (Å²) in [6, 6.07) is 3.66. The van der Waals surface area contributed by atoms with E-state index in [0.717, 1.165) is 12.0 Å². The van der Waals surface area contributed by atoms with Crippen molar-refractivity contribution >= 4 is 11.6 Å². The van der Waals surface area contributed by atoms with E-state index < -0.39 is 0 Å². The molecular weight excluding hydrogens is 264 g/mol. The van der Waals surface area contributed by atoms with Crippen LogP contribution in [0.1, 0.15) is 38.1 Å². The molecule has 19 heavy (non-hydrogen) atoms. The highest BCUT2D eigenvalue weighted by Gasteiger charge is 2.25. The quantitative estimate of drug-likeness (QED) is 0.750. The Kier molecular flexibility index (Phi) is 5.36. The molecule has 0 bridgehead atoms. The zero-order chi connectivity index (χ0) is 14.6. The molecule has 4 heteroatoms. The lowest BCUT2D eigenvalue weighted by Gasteiger charge is -2.25. The van der Waals surface area contributed by atoms with Crippen LogP contribution in [0.15, 0.2) is 12.1 Å². The first kappa shape index (κ1) is 16.0. The molecule has 0 amide bonds. The number of ether oxygens (including phenoxy) is 3. The van der Waals surface area contributed by atoms with Gasteiger partial charge in [-0.3, -0.25) is 0 Å². The molecule has 0 saturated carbocycles. The predicted molar refractivity (Wildman–Crippen MR) is 78.8 cm³/mol. The molecule has 0 N–H and O–H groups in total. The van der Waals surface area contributed by atoms with Crippen molar-refractivity contribution in [1.82, 2.24) is 0 Å². The van der Waals surface area contributed by atoms with Crippen LogP contribution >= 0.6 is 11.6 Å². The predicted octanol–water partition coefficient (Wildman–Crippen LogP) is 4.43. The van der Waals surface area contributed by atoms with E-state index in [2.05, 4.69) is 20.8 Å². The summed E-state index contributed by atoms with van der Waals surface area (Å²) in [4.78, 5) is 0. The molecule has 0 heterocycles. The first-order chi connectivity index (χ1) is 8.82. The summed E-state index contributed by atoms with van der Waals surface area (Å²) in [5, 5.41) is -0.171. The number of hydrogen-bond acceptors (Lipinski definition) is 3. The van der Waals surface area contributed by atoms with Gasteiger partial charge in [0.15, 0.2) is 0 Å². The van der Waals surface area contributed by atoms with Gasteiger partial charge < -0.3 is 14.2 Å². The van der Waals surface area contributed by atoms with Crippen LogP contribution in [-0.2, 0) is 0 Å². The van der Waals surface area contributed by atoms with Gasteiger partial charge in [0.1, 0.15) is 17.2 Å². The lowest BCUT2D eigenvalue weighted by Crippen LogP contribution is -2.10. The SMILES string of the molecule is COc1cc(OC)c(C(Cl)CC(C)(C)C)c(OC)c1. The molecule has 1 unspecified atom stereocenters. The summed E-state index contributed by atoms with van der Waals surface area (Å²) < 4.78 is 16.1. The molecule has 0 radical (unpaired) electrons. The fourth-order valence-electron chi connectivity index (χ4n) is 1.98. The average molecular weight is 287 g/mol. The standard InChI is InChI=1S/C15H23ClO3/c1-15(2,3)9-11(16)14-12(18-5)7-10(17-4)8-13(14)19-6/h7-8,11H,9H2,1-6H3. The molecule has 0 aliphatic carbocycles. The smallest absolute Gasteiger partial charge is 0.130 e. The number of benzene rings is 1. The van der Waals surface area contributed by atoms with E-state index in [9.17, 15) is 0 Å². The molecule has 3 nitrogen and oxygen atoms in total. The Morgan fingerprint density at radius 1 is 1.00 bits per heavy atom. The van der Waals surface area contributed by atoms with Crippen molar-refractivity contribution in [3.05, 3.63) is 17.7 Å². The maximum atomic E-state index is 6.55. The third-order valence-corrected chi connectivity index (χ3v) is 3.23. The number of alkyl halides is 1. The molecule has 1 atom stereocenters. The Morgan fingerprint density at radius 2 is 1.47 bits per heavy atom. The maximum Gasteiger partial charge on any atom is 0.130 e. The normalized spacial score (nSPS) is 13.0. The molecule has 1 aromatic carbocycles. The zero-order valence-electron chi connectivity index (χ0n) is 12.5. The first-order valence-electron chi connectivity index (χ1n) is 6.26. The van der Waals surface area contributed by atoms with Gasteiger partial charge in [0.2, 0.25) is 0 Å². The fourth-order valence-corrected chi connectivity index (χ4v) is 2.66. The van der Waals surface area contributed by atoms with Gasteiger partial charge in [-0.1, -0.05) is 20.8 Å². The van der Waals surface area contributed by atoms with Gasteiger partial charge in [0.05, 0.1) is 32.3 Å². The monoisotopic (exact) mass is 286 g/mol. The van der Waals surface area contributed by atoms with E-state index in [4.69, 9.17) is 25.8 Å². The summed E-state index contributed by atoms with van der Waals surface area (Å²) in [5.74, 6) is 2.08. The number of rotatable bonds is 5. The Hall–Kier alpha value is -1.09. The largest absolute Gasteiger partial charge is 0.496 e. The van der Waals surface area contributed by atoms with Gasteiger partial charge in [-0.05, 0) is 11.8 Å². The van der Waals surface area contributed by atoms with Crippen molar-refractivity contribution in [2.75, 3.05) is 21.3 Å². The highest BCUT2D eigenvalue weighted by atomic mass is 35.5. The summed E-state index contributed by atoms with van der Waals surface area (Å²) in [6.07, 6.45) is 0.827. The highest BCUT2D eigenvalue weighted by Crippen LogP contribution is 2.45. The molecule has 1 rings (SSSR count). The lowest BCUT2D eigenvalue weighted by atomic mass is 9.88. The summed E-state index contributed by atoms with van der Waals surface area (Å²) in [7, 11) is 4.86. The first-order valence-corrected chi connectivity index (χ1v) is 6.70. The van der Waals surface area contributed by atoms with Crippen LogP contribution in [0.3, 0.4) is 0 Å². The summed E-state index contributed by atoms with van der Waals surface area (Å²) in [6.45, 7) is 6.47. The molecule has 0 fully saturated rings. The Morgan fingerprint density at radius 3 is 1.79 bits per heavy atom. The van der Waals surface area contributed by atoms with E-state index in [0.29, 0.717) is 17.2 Å². The molecule has 0 spiro atoms. The van der Waals surface area contributed by atoms with Crippen molar-refractivity contribution in [3.8, 4) is 17.2 Å². The van der Waals surface area contributed by atoms with Crippen LogP contribution in [0.4, 0.5) is 0 Å². The Labute approximate surface area is 120 Å². The lowest BCUT2D eigenvalue weighted by molar-refractivity contribution is 0.345. The van der Waals surface area contributed by atoms with E-state index in [1.165, 1.54) is 0 Å². The van der Waals surface area contributed by atoms with Gasteiger partial charge in [-0.2, -0.15) is 0 Å². The molecule has 1 aromatic rings. The van der Waals surface area contributed by atoms with Crippen molar-refractivity contribution in [1.29, 1.82) is 0 Å². The van der Waals surface area contributed by atoms with Gasteiger partial charge in [-0.15, -0.1) is 11.6 Å². The van der Waals surface area contributed by atoms with Crippen molar-refractivity contribution in [2.24, 2.45) is 5.41 Å². The second-order valence-corrected chi connectivity index (χ2v) is 6.20. The molecular formula is C15H23ClO3. The number of hydrogen-bond donors (Lipinski definition) is 0.